The summed E-state index contributed by atoms with van der Waals surface area (Å²) >= 11 is 0. The first-order valence-electron chi connectivity index (χ1n) is 32.7. The molecule has 0 fully saturated rings. The molecule has 0 aliphatic heterocycles. The smallest absolute Gasteiger partial charge is 0.306 e. The van der Waals surface area contributed by atoms with Crippen molar-refractivity contribution in [3.8, 4) is 0 Å². The Morgan fingerprint density at radius 2 is 0.623 bits per heavy atom. The van der Waals surface area contributed by atoms with Crippen LogP contribution >= 0.6 is 0 Å². The van der Waals surface area contributed by atoms with Gasteiger partial charge in [0.25, 0.3) is 0 Å². The maximum Gasteiger partial charge on any atom is 0.306 e. The van der Waals surface area contributed by atoms with Crippen LogP contribution in [0, 0.1) is 0 Å². The molecular weight excluding hydrogens is 963 g/mol. The van der Waals surface area contributed by atoms with Crippen LogP contribution in [-0.4, -0.2) is 109 Å². The highest BCUT2D eigenvalue weighted by atomic mass is 16.6. The SMILES string of the molecule is CCCCCCCC/C=C\CCCCCCCC(=O)OCCOCCOCCOCC[N+](C)(C)CC(COC(=O)CCCCCCC/C=C\CCCCCCCC)OC(=O)CCCCCCC/C=C\CCCCCCCC. The van der Waals surface area contributed by atoms with Crippen molar-refractivity contribution in [2.24, 2.45) is 0 Å². The summed E-state index contributed by atoms with van der Waals surface area (Å²) in [5.41, 5.74) is 0. The van der Waals surface area contributed by atoms with E-state index >= 15 is 0 Å². The van der Waals surface area contributed by atoms with Crippen LogP contribution in [0.15, 0.2) is 36.5 Å². The Morgan fingerprint density at radius 3 is 0.987 bits per heavy atom. The van der Waals surface area contributed by atoms with Crippen LogP contribution in [0.4, 0.5) is 0 Å². The third-order valence-corrected chi connectivity index (χ3v) is 14.4. The number of carbonyl (C=O) groups excluding carboxylic acids is 3. The Morgan fingerprint density at radius 1 is 0.338 bits per heavy atom. The van der Waals surface area contributed by atoms with E-state index in [1.54, 1.807) is 0 Å². The number of quaternary nitrogens is 1. The second kappa shape index (κ2) is 61.1. The molecule has 0 spiro atoms. The largest absolute Gasteiger partial charge is 0.463 e. The average Bonchev–Trinajstić information content (AvgIpc) is 3.41. The molecule has 0 amide bonds. The molecule has 0 heterocycles. The van der Waals surface area contributed by atoms with Crippen LogP contribution in [-0.2, 0) is 42.8 Å². The van der Waals surface area contributed by atoms with Crippen molar-refractivity contribution in [1.29, 1.82) is 0 Å². The fourth-order valence-electron chi connectivity index (χ4n) is 9.43. The molecule has 0 aromatic carbocycles. The molecule has 77 heavy (non-hydrogen) atoms. The van der Waals surface area contributed by atoms with E-state index in [1.165, 1.54) is 180 Å². The molecule has 0 rings (SSSR count). The lowest BCUT2D eigenvalue weighted by Gasteiger charge is -2.33. The first-order chi connectivity index (χ1) is 37.7. The first kappa shape index (κ1) is 74.5. The number of esters is 3. The lowest BCUT2D eigenvalue weighted by atomic mass is 10.1. The predicted octanol–water partition coefficient (Wildman–Crippen LogP) is 18.2. The number of ether oxygens (including phenoxy) is 6. The Bertz CT molecular complexity index is 1350. The van der Waals surface area contributed by atoms with E-state index in [0.717, 1.165) is 70.6 Å². The minimum atomic E-state index is -0.525. The van der Waals surface area contributed by atoms with Gasteiger partial charge in [0.15, 0.2) is 6.10 Å². The molecule has 0 aromatic rings. The van der Waals surface area contributed by atoms with Crippen LogP contribution in [0.1, 0.15) is 290 Å². The minimum Gasteiger partial charge on any atom is -0.463 e. The lowest BCUT2D eigenvalue weighted by molar-refractivity contribution is -0.893. The maximum atomic E-state index is 13.1. The molecule has 1 atom stereocenters. The molecule has 0 saturated heterocycles. The van der Waals surface area contributed by atoms with Crippen molar-refractivity contribution < 1.29 is 47.3 Å². The first-order valence-corrected chi connectivity index (χ1v) is 32.7. The van der Waals surface area contributed by atoms with E-state index in [0.29, 0.717) is 76.5 Å². The summed E-state index contributed by atoms with van der Waals surface area (Å²) < 4.78 is 34.8. The molecule has 0 aliphatic rings. The van der Waals surface area contributed by atoms with E-state index in [4.69, 9.17) is 28.4 Å². The van der Waals surface area contributed by atoms with Gasteiger partial charge >= 0.3 is 17.9 Å². The molecule has 0 saturated carbocycles. The van der Waals surface area contributed by atoms with Crippen LogP contribution in [0.5, 0.6) is 0 Å². The van der Waals surface area contributed by atoms with Crippen LogP contribution in [0.25, 0.3) is 0 Å². The van der Waals surface area contributed by atoms with Crippen molar-refractivity contribution in [2.45, 2.75) is 297 Å². The molecule has 452 valence electrons. The molecule has 0 N–H and O–H groups in total. The normalized spacial score (nSPS) is 12.4. The topological polar surface area (TPSA) is 107 Å². The van der Waals surface area contributed by atoms with Gasteiger partial charge in [-0.1, -0.05) is 211 Å². The number of nitrogens with zero attached hydrogens (tertiary/aromatic N) is 1. The summed E-state index contributed by atoms with van der Waals surface area (Å²) in [5, 5.41) is 0. The van der Waals surface area contributed by atoms with Gasteiger partial charge in [0.05, 0.1) is 53.7 Å². The summed E-state index contributed by atoms with van der Waals surface area (Å²) in [7, 11) is 4.18. The van der Waals surface area contributed by atoms with Crippen LogP contribution in [0.3, 0.4) is 0 Å². The highest BCUT2D eigenvalue weighted by Crippen LogP contribution is 2.15. The molecule has 0 radical (unpaired) electrons. The summed E-state index contributed by atoms with van der Waals surface area (Å²) in [6, 6.07) is 0. The molecule has 0 aliphatic carbocycles. The van der Waals surface area contributed by atoms with Gasteiger partial charge in [-0.3, -0.25) is 14.4 Å². The van der Waals surface area contributed by atoms with E-state index in [-0.39, 0.29) is 31.1 Å². The number of rotatable bonds is 62. The van der Waals surface area contributed by atoms with E-state index < -0.39 is 6.10 Å². The monoisotopic (exact) mass is 1090 g/mol. The number of unbranched alkanes of at least 4 members (excludes halogenated alkanes) is 33. The second-order valence-corrected chi connectivity index (χ2v) is 22.7. The summed E-state index contributed by atoms with van der Waals surface area (Å²) in [4.78, 5) is 38.0. The third kappa shape index (κ3) is 60.9. The van der Waals surface area contributed by atoms with Gasteiger partial charge in [-0.15, -0.1) is 0 Å². The summed E-state index contributed by atoms with van der Waals surface area (Å²) in [6.45, 7) is 11.0. The highest BCUT2D eigenvalue weighted by Gasteiger charge is 2.27. The molecule has 10 heteroatoms. The van der Waals surface area contributed by atoms with Gasteiger partial charge in [-0.2, -0.15) is 0 Å². The summed E-state index contributed by atoms with van der Waals surface area (Å²) in [6.07, 6.45) is 62.4. The quantitative estimate of drug-likeness (QED) is 0.0193. The Balaban J connectivity index is 4.38. The standard InChI is InChI=1S/C67H126NO9/c1-6-9-12-15-18-21-24-27-30-33-36-39-42-45-48-51-65(69)75-61-60-74-59-58-73-57-56-72-55-54-68(4,5)62-64(77-67(71)53-50-47-44-41-38-35-32-29-26-23-20-17-14-11-8-3)63-76-66(70)52-49-46-43-40-37-34-31-28-25-22-19-16-13-10-7-2/h27-32,64H,6-26,33-63H2,1-5H3/q+1/b30-27-,31-28-,32-29-. The van der Waals surface area contributed by atoms with Gasteiger partial charge in [-0.25, -0.2) is 0 Å². The number of likely N-dealkylation sites (N-methyl/N-ethyl adjacent to an activating group) is 1. The van der Waals surface area contributed by atoms with Crippen LogP contribution < -0.4 is 0 Å². The number of allylic oxidation sites excluding steroid dienone is 6. The third-order valence-electron chi connectivity index (χ3n) is 14.4. The Hall–Kier alpha value is -2.53. The molecule has 1 unspecified atom stereocenters. The number of hydrogen-bond donors (Lipinski definition) is 0. The fraction of sp³-hybridized carbons (Fsp3) is 0.866. The van der Waals surface area contributed by atoms with Crippen molar-refractivity contribution in [3.05, 3.63) is 36.5 Å². The lowest BCUT2D eigenvalue weighted by Crippen LogP contribution is -2.49. The van der Waals surface area contributed by atoms with E-state index in [9.17, 15) is 14.4 Å². The minimum absolute atomic E-state index is 0.0704. The van der Waals surface area contributed by atoms with Crippen molar-refractivity contribution >= 4 is 17.9 Å². The Labute approximate surface area is 476 Å². The molecule has 10 nitrogen and oxygen atoms in total. The maximum absolute atomic E-state index is 13.1. The van der Waals surface area contributed by atoms with Gasteiger partial charge in [0, 0.05) is 19.3 Å². The van der Waals surface area contributed by atoms with Crippen molar-refractivity contribution in [1.82, 2.24) is 0 Å². The van der Waals surface area contributed by atoms with E-state index in [2.05, 4.69) is 71.3 Å². The number of hydrogen-bond acceptors (Lipinski definition) is 9. The number of carbonyl (C=O) groups is 3. The van der Waals surface area contributed by atoms with Crippen LogP contribution in [0.2, 0.25) is 0 Å². The van der Waals surface area contributed by atoms with Gasteiger partial charge in [-0.05, 0) is 96.3 Å². The van der Waals surface area contributed by atoms with E-state index in [1.807, 2.05) is 0 Å². The zero-order chi connectivity index (χ0) is 56.1. The van der Waals surface area contributed by atoms with Crippen molar-refractivity contribution in [3.63, 3.8) is 0 Å². The summed E-state index contributed by atoms with van der Waals surface area (Å²) in [5.74, 6) is -0.587. The highest BCUT2D eigenvalue weighted by molar-refractivity contribution is 5.70. The zero-order valence-corrected chi connectivity index (χ0v) is 51.4. The fourth-order valence-corrected chi connectivity index (χ4v) is 9.43. The second-order valence-electron chi connectivity index (χ2n) is 22.7. The van der Waals surface area contributed by atoms with Gasteiger partial charge in [0.1, 0.15) is 26.3 Å². The molecule has 0 bridgehead atoms. The Kier molecular flexibility index (Phi) is 59.1. The zero-order valence-electron chi connectivity index (χ0n) is 51.4. The predicted molar refractivity (Wildman–Crippen MR) is 324 cm³/mol. The van der Waals surface area contributed by atoms with Gasteiger partial charge < -0.3 is 32.9 Å². The molecular formula is C67H126NO9+. The van der Waals surface area contributed by atoms with Crippen molar-refractivity contribution in [2.75, 3.05) is 80.0 Å². The average molecular weight is 1090 g/mol. The molecule has 0 aromatic heterocycles. The van der Waals surface area contributed by atoms with Gasteiger partial charge in [0.2, 0.25) is 0 Å².